The van der Waals surface area contributed by atoms with Crippen molar-refractivity contribution in [2.24, 2.45) is 0 Å². The van der Waals surface area contributed by atoms with Crippen LogP contribution in [0.5, 0.6) is 0 Å². The molecule has 20 heavy (non-hydrogen) atoms. The molecule has 0 atom stereocenters. The number of pyridine rings is 1. The fourth-order valence-corrected chi connectivity index (χ4v) is 2.76. The molecule has 0 aliphatic rings. The first kappa shape index (κ1) is 11.3. The van der Waals surface area contributed by atoms with Gasteiger partial charge in [0.25, 0.3) is 0 Å². The van der Waals surface area contributed by atoms with E-state index in [-0.39, 0.29) is 0 Å². The third-order valence-electron chi connectivity index (χ3n) is 3.62. The van der Waals surface area contributed by atoms with Crippen molar-refractivity contribution in [1.82, 2.24) is 4.98 Å². The van der Waals surface area contributed by atoms with E-state index in [1.165, 1.54) is 0 Å². The second-order valence-corrected chi connectivity index (χ2v) is 5.15. The van der Waals surface area contributed by atoms with Gasteiger partial charge in [0, 0.05) is 24.9 Å². The van der Waals surface area contributed by atoms with E-state index < -0.39 is 0 Å². The fraction of sp³-hybridized carbons (Fsp3) is 0.118. The van der Waals surface area contributed by atoms with Crippen LogP contribution in [0.4, 0.5) is 5.69 Å². The molecule has 3 heteroatoms. The van der Waals surface area contributed by atoms with Gasteiger partial charge >= 0.3 is 0 Å². The van der Waals surface area contributed by atoms with Crippen molar-refractivity contribution in [3.63, 3.8) is 0 Å². The molecule has 0 unspecified atom stereocenters. The van der Waals surface area contributed by atoms with Gasteiger partial charge < -0.3 is 9.32 Å². The van der Waals surface area contributed by atoms with Gasteiger partial charge in [-0.2, -0.15) is 0 Å². The van der Waals surface area contributed by atoms with Crippen molar-refractivity contribution in [3.05, 3.63) is 48.5 Å². The summed E-state index contributed by atoms with van der Waals surface area (Å²) in [7, 11) is 4.07. The van der Waals surface area contributed by atoms with Gasteiger partial charge in [-0.05, 0) is 18.2 Å². The second kappa shape index (κ2) is 3.97. The Bertz CT molecular complexity index is 938. The molecule has 0 saturated carbocycles. The molecule has 4 rings (SSSR count). The molecule has 2 aromatic heterocycles. The number of hydrogen-bond acceptors (Lipinski definition) is 3. The Hall–Kier alpha value is -2.55. The van der Waals surface area contributed by atoms with Crippen LogP contribution in [0.2, 0.25) is 0 Å². The predicted molar refractivity (Wildman–Crippen MR) is 83.3 cm³/mol. The number of anilines is 1. The number of benzene rings is 2. The molecule has 2 aromatic carbocycles. The minimum Gasteiger partial charge on any atom is -0.452 e. The lowest BCUT2D eigenvalue weighted by molar-refractivity contribution is 0.668. The topological polar surface area (TPSA) is 29.3 Å². The molecule has 98 valence electrons. The van der Waals surface area contributed by atoms with Gasteiger partial charge in [-0.15, -0.1) is 0 Å². The zero-order chi connectivity index (χ0) is 13.7. The summed E-state index contributed by atoms with van der Waals surface area (Å²) in [5.41, 5.74) is 4.75. The number of rotatable bonds is 1. The van der Waals surface area contributed by atoms with Crippen LogP contribution in [-0.4, -0.2) is 19.1 Å². The average Bonchev–Trinajstić information content (AvgIpc) is 2.82. The number of furan rings is 1. The number of para-hydroxylation sites is 2. The van der Waals surface area contributed by atoms with Gasteiger partial charge in [-0.1, -0.05) is 30.3 Å². The molecule has 0 amide bonds. The van der Waals surface area contributed by atoms with Crippen LogP contribution in [0.3, 0.4) is 0 Å². The maximum atomic E-state index is 6.05. The highest BCUT2D eigenvalue weighted by molar-refractivity contribution is 6.13. The van der Waals surface area contributed by atoms with E-state index in [9.17, 15) is 0 Å². The summed E-state index contributed by atoms with van der Waals surface area (Å²) < 4.78 is 6.05. The highest BCUT2D eigenvalue weighted by atomic mass is 16.3. The first-order valence-electron chi connectivity index (χ1n) is 6.63. The number of fused-ring (bicyclic) bond motifs is 4. The quantitative estimate of drug-likeness (QED) is 0.515. The zero-order valence-corrected chi connectivity index (χ0v) is 11.4. The minimum absolute atomic E-state index is 0.856. The van der Waals surface area contributed by atoms with Crippen LogP contribution < -0.4 is 4.90 Å². The summed E-state index contributed by atoms with van der Waals surface area (Å²) >= 11 is 0. The van der Waals surface area contributed by atoms with Gasteiger partial charge in [-0.25, -0.2) is 4.98 Å². The van der Waals surface area contributed by atoms with Gasteiger partial charge in [0.15, 0.2) is 5.58 Å². The molecule has 0 aliphatic carbocycles. The van der Waals surface area contributed by atoms with E-state index >= 15 is 0 Å². The Morgan fingerprint density at radius 2 is 1.60 bits per heavy atom. The lowest BCUT2D eigenvalue weighted by Gasteiger charge is -2.15. The summed E-state index contributed by atoms with van der Waals surface area (Å²) in [6.07, 6.45) is 0. The van der Waals surface area contributed by atoms with E-state index in [0.717, 1.165) is 38.7 Å². The lowest BCUT2D eigenvalue weighted by Crippen LogP contribution is -2.09. The van der Waals surface area contributed by atoms with Gasteiger partial charge in [-0.3, -0.25) is 0 Å². The molecular formula is C17H14N2O. The van der Waals surface area contributed by atoms with Crippen molar-refractivity contribution in [1.29, 1.82) is 0 Å². The predicted octanol–water partition coefficient (Wildman–Crippen LogP) is 4.20. The summed E-state index contributed by atoms with van der Waals surface area (Å²) in [5, 5.41) is 2.18. The molecule has 0 bridgehead atoms. The number of aromatic nitrogens is 1. The monoisotopic (exact) mass is 262 g/mol. The van der Waals surface area contributed by atoms with Crippen molar-refractivity contribution < 1.29 is 4.42 Å². The molecule has 0 fully saturated rings. The highest BCUT2D eigenvalue weighted by Crippen LogP contribution is 2.37. The summed E-state index contributed by atoms with van der Waals surface area (Å²) in [6.45, 7) is 0. The van der Waals surface area contributed by atoms with Crippen LogP contribution in [0.25, 0.3) is 33.0 Å². The van der Waals surface area contributed by atoms with Crippen molar-refractivity contribution in [2.75, 3.05) is 19.0 Å². The van der Waals surface area contributed by atoms with E-state index in [0.29, 0.717) is 0 Å². The molecular weight excluding hydrogens is 248 g/mol. The largest absolute Gasteiger partial charge is 0.452 e. The van der Waals surface area contributed by atoms with Crippen LogP contribution in [0, 0.1) is 0 Å². The standard InChI is InChI=1S/C17H14N2O/c1-19(2)16-11-7-3-5-9-13(11)18-15-12-8-4-6-10-14(12)20-17(15)16/h3-10H,1-2H3. The smallest absolute Gasteiger partial charge is 0.177 e. The van der Waals surface area contributed by atoms with Crippen LogP contribution in [0.15, 0.2) is 52.9 Å². The normalized spacial score (nSPS) is 11.5. The maximum Gasteiger partial charge on any atom is 0.177 e. The van der Waals surface area contributed by atoms with Crippen molar-refractivity contribution >= 4 is 38.7 Å². The Morgan fingerprint density at radius 3 is 2.40 bits per heavy atom. The average molecular weight is 262 g/mol. The number of hydrogen-bond donors (Lipinski definition) is 0. The van der Waals surface area contributed by atoms with Gasteiger partial charge in [0.05, 0.1) is 11.2 Å². The summed E-state index contributed by atoms with van der Waals surface area (Å²) in [6, 6.07) is 16.2. The first-order valence-corrected chi connectivity index (χ1v) is 6.63. The zero-order valence-electron chi connectivity index (χ0n) is 11.4. The molecule has 3 nitrogen and oxygen atoms in total. The minimum atomic E-state index is 0.856. The highest BCUT2D eigenvalue weighted by Gasteiger charge is 2.16. The van der Waals surface area contributed by atoms with E-state index in [4.69, 9.17) is 9.40 Å². The molecule has 0 saturated heterocycles. The van der Waals surface area contributed by atoms with Crippen LogP contribution >= 0.6 is 0 Å². The summed E-state index contributed by atoms with van der Waals surface area (Å²) in [5.74, 6) is 0. The molecule has 0 N–H and O–H groups in total. The molecule has 0 aliphatic heterocycles. The van der Waals surface area contributed by atoms with Crippen LogP contribution in [0.1, 0.15) is 0 Å². The molecule has 4 aromatic rings. The number of nitrogens with zero attached hydrogens (tertiary/aromatic N) is 2. The Labute approximate surface area is 116 Å². The Kier molecular flexibility index (Phi) is 2.24. The lowest BCUT2D eigenvalue weighted by atomic mass is 10.1. The molecule has 2 heterocycles. The van der Waals surface area contributed by atoms with Gasteiger partial charge in [0.1, 0.15) is 11.1 Å². The first-order chi connectivity index (χ1) is 9.75. The summed E-state index contributed by atoms with van der Waals surface area (Å²) in [4.78, 5) is 6.88. The Morgan fingerprint density at radius 1 is 0.900 bits per heavy atom. The van der Waals surface area contributed by atoms with Crippen LogP contribution in [-0.2, 0) is 0 Å². The second-order valence-electron chi connectivity index (χ2n) is 5.15. The molecule has 0 radical (unpaired) electrons. The third kappa shape index (κ3) is 1.43. The molecule has 0 spiro atoms. The third-order valence-corrected chi connectivity index (χ3v) is 3.62. The van der Waals surface area contributed by atoms with Crippen molar-refractivity contribution in [2.45, 2.75) is 0 Å². The van der Waals surface area contributed by atoms with E-state index in [1.54, 1.807) is 0 Å². The van der Waals surface area contributed by atoms with Gasteiger partial charge in [0.2, 0.25) is 0 Å². The Balaban J connectivity index is 2.31. The fourth-order valence-electron chi connectivity index (χ4n) is 2.76. The SMILES string of the molecule is CN(C)c1c2ccccc2nc2c1oc1ccccc12. The maximum absolute atomic E-state index is 6.05. The van der Waals surface area contributed by atoms with E-state index in [2.05, 4.69) is 17.0 Å². The van der Waals surface area contributed by atoms with Crippen molar-refractivity contribution in [3.8, 4) is 0 Å². The van der Waals surface area contributed by atoms with E-state index in [1.807, 2.05) is 50.5 Å².